The molecule has 0 aliphatic heterocycles. The maximum Gasteiger partial charge on any atom is 0.147 e. The molecule has 0 atom stereocenters. The SMILES string of the molecule is CNCc1nnc(-c2ccc(Cl)c(Cl)c2)s1. The van der Waals surface area contributed by atoms with Crippen LogP contribution in [0.4, 0.5) is 0 Å². The number of hydrogen-bond donors (Lipinski definition) is 1. The fourth-order valence-electron chi connectivity index (χ4n) is 1.22. The summed E-state index contributed by atoms with van der Waals surface area (Å²) in [5, 5.41) is 14.1. The van der Waals surface area contributed by atoms with E-state index in [-0.39, 0.29) is 0 Å². The molecular formula is C10H9Cl2N3S. The average Bonchev–Trinajstić information content (AvgIpc) is 2.71. The average molecular weight is 274 g/mol. The van der Waals surface area contributed by atoms with Crippen LogP contribution in [0, 0.1) is 0 Å². The van der Waals surface area contributed by atoms with Crippen LogP contribution in [0.5, 0.6) is 0 Å². The van der Waals surface area contributed by atoms with Crippen molar-refractivity contribution in [3.8, 4) is 10.6 Å². The van der Waals surface area contributed by atoms with Gasteiger partial charge in [-0.05, 0) is 19.2 Å². The third-order valence-corrected chi connectivity index (χ3v) is 3.67. The van der Waals surface area contributed by atoms with Gasteiger partial charge in [-0.2, -0.15) is 0 Å². The molecule has 0 unspecified atom stereocenters. The lowest BCUT2D eigenvalue weighted by Gasteiger charge is -1.98. The summed E-state index contributed by atoms with van der Waals surface area (Å²) in [7, 11) is 1.88. The molecule has 0 fully saturated rings. The van der Waals surface area contributed by atoms with E-state index in [1.54, 1.807) is 12.1 Å². The van der Waals surface area contributed by atoms with Gasteiger partial charge in [0.05, 0.1) is 10.0 Å². The van der Waals surface area contributed by atoms with Crippen LogP contribution in [0.15, 0.2) is 18.2 Å². The first kappa shape index (κ1) is 11.8. The first-order valence-corrected chi connectivity index (χ1v) is 6.20. The highest BCUT2D eigenvalue weighted by Crippen LogP contribution is 2.29. The number of nitrogens with one attached hydrogen (secondary N) is 1. The molecule has 0 bridgehead atoms. The lowest BCUT2D eigenvalue weighted by atomic mass is 10.2. The fraction of sp³-hybridized carbons (Fsp3) is 0.200. The van der Waals surface area contributed by atoms with Crippen molar-refractivity contribution >= 4 is 34.5 Å². The molecule has 1 aromatic carbocycles. The molecule has 1 heterocycles. The summed E-state index contributed by atoms with van der Waals surface area (Å²) in [6, 6.07) is 5.45. The predicted molar refractivity (Wildman–Crippen MR) is 68.1 cm³/mol. The van der Waals surface area contributed by atoms with E-state index >= 15 is 0 Å². The number of benzene rings is 1. The van der Waals surface area contributed by atoms with Crippen molar-refractivity contribution in [1.29, 1.82) is 0 Å². The van der Waals surface area contributed by atoms with E-state index < -0.39 is 0 Å². The Balaban J connectivity index is 2.31. The molecule has 0 radical (unpaired) electrons. The van der Waals surface area contributed by atoms with Crippen molar-refractivity contribution in [3.63, 3.8) is 0 Å². The van der Waals surface area contributed by atoms with Gasteiger partial charge in [-0.15, -0.1) is 10.2 Å². The number of rotatable bonds is 3. The summed E-state index contributed by atoms with van der Waals surface area (Å²) < 4.78 is 0. The molecule has 0 saturated carbocycles. The molecule has 6 heteroatoms. The van der Waals surface area contributed by atoms with Gasteiger partial charge in [0.25, 0.3) is 0 Å². The molecule has 2 rings (SSSR count). The van der Waals surface area contributed by atoms with Gasteiger partial charge in [0.15, 0.2) is 0 Å². The standard InChI is InChI=1S/C10H9Cl2N3S/c1-13-5-9-14-15-10(16-9)6-2-3-7(11)8(12)4-6/h2-4,13H,5H2,1H3. The minimum atomic E-state index is 0.532. The van der Waals surface area contributed by atoms with Gasteiger partial charge < -0.3 is 5.32 Å². The van der Waals surface area contributed by atoms with Gasteiger partial charge in [-0.1, -0.05) is 40.6 Å². The summed E-state index contributed by atoms with van der Waals surface area (Å²) in [4.78, 5) is 0. The van der Waals surface area contributed by atoms with E-state index in [9.17, 15) is 0 Å². The highest BCUT2D eigenvalue weighted by Gasteiger charge is 2.07. The smallest absolute Gasteiger partial charge is 0.147 e. The molecule has 16 heavy (non-hydrogen) atoms. The van der Waals surface area contributed by atoms with Crippen molar-refractivity contribution in [2.24, 2.45) is 0 Å². The van der Waals surface area contributed by atoms with Crippen LogP contribution in [0.25, 0.3) is 10.6 Å². The minimum Gasteiger partial charge on any atom is -0.313 e. The second kappa shape index (κ2) is 5.10. The van der Waals surface area contributed by atoms with Gasteiger partial charge in [-0.25, -0.2) is 0 Å². The molecular weight excluding hydrogens is 265 g/mol. The van der Waals surface area contributed by atoms with Crippen LogP contribution in [-0.4, -0.2) is 17.2 Å². The normalized spacial score (nSPS) is 10.7. The highest BCUT2D eigenvalue weighted by molar-refractivity contribution is 7.14. The number of nitrogens with zero attached hydrogens (tertiary/aromatic N) is 2. The van der Waals surface area contributed by atoms with E-state index in [0.717, 1.165) is 22.1 Å². The highest BCUT2D eigenvalue weighted by atomic mass is 35.5. The van der Waals surface area contributed by atoms with E-state index in [1.807, 2.05) is 13.1 Å². The van der Waals surface area contributed by atoms with E-state index in [4.69, 9.17) is 23.2 Å². The zero-order chi connectivity index (χ0) is 11.5. The molecule has 1 N–H and O–H groups in total. The third kappa shape index (κ3) is 2.52. The van der Waals surface area contributed by atoms with Crippen LogP contribution in [0.1, 0.15) is 5.01 Å². The molecule has 0 aliphatic carbocycles. The monoisotopic (exact) mass is 273 g/mol. The lowest BCUT2D eigenvalue weighted by Crippen LogP contribution is -2.04. The maximum absolute atomic E-state index is 5.94. The molecule has 0 amide bonds. The predicted octanol–water partition coefficient (Wildman–Crippen LogP) is 3.23. The Morgan fingerprint density at radius 1 is 1.25 bits per heavy atom. The van der Waals surface area contributed by atoms with E-state index in [0.29, 0.717) is 10.0 Å². The molecule has 0 aliphatic rings. The Morgan fingerprint density at radius 2 is 2.06 bits per heavy atom. The van der Waals surface area contributed by atoms with Gasteiger partial charge in [-0.3, -0.25) is 0 Å². The van der Waals surface area contributed by atoms with Crippen molar-refractivity contribution in [2.75, 3.05) is 7.05 Å². The van der Waals surface area contributed by atoms with Crippen molar-refractivity contribution < 1.29 is 0 Å². The Labute approximate surface area is 107 Å². The van der Waals surface area contributed by atoms with Crippen LogP contribution in [-0.2, 0) is 6.54 Å². The molecule has 1 aromatic heterocycles. The number of aromatic nitrogens is 2. The Hall–Kier alpha value is -0.680. The number of hydrogen-bond acceptors (Lipinski definition) is 4. The molecule has 3 nitrogen and oxygen atoms in total. The van der Waals surface area contributed by atoms with E-state index in [1.165, 1.54) is 11.3 Å². The summed E-state index contributed by atoms with van der Waals surface area (Å²) >= 11 is 13.3. The zero-order valence-corrected chi connectivity index (χ0v) is 10.8. The second-order valence-corrected chi connectivity index (χ2v) is 5.04. The Kier molecular flexibility index (Phi) is 3.76. The van der Waals surface area contributed by atoms with Crippen LogP contribution < -0.4 is 5.32 Å². The van der Waals surface area contributed by atoms with Crippen LogP contribution in [0.3, 0.4) is 0 Å². The van der Waals surface area contributed by atoms with Crippen molar-refractivity contribution in [3.05, 3.63) is 33.3 Å². The summed E-state index contributed by atoms with van der Waals surface area (Å²) in [5.41, 5.74) is 0.939. The first-order chi connectivity index (χ1) is 7.70. The first-order valence-electron chi connectivity index (χ1n) is 4.63. The van der Waals surface area contributed by atoms with Crippen molar-refractivity contribution in [1.82, 2.24) is 15.5 Å². The molecule has 0 saturated heterocycles. The van der Waals surface area contributed by atoms with Crippen LogP contribution >= 0.6 is 34.5 Å². The summed E-state index contributed by atoms with van der Waals surface area (Å²) in [5.74, 6) is 0. The van der Waals surface area contributed by atoms with Gasteiger partial charge in [0, 0.05) is 12.1 Å². The zero-order valence-electron chi connectivity index (χ0n) is 8.50. The fourth-order valence-corrected chi connectivity index (χ4v) is 2.37. The van der Waals surface area contributed by atoms with E-state index in [2.05, 4.69) is 15.5 Å². The molecule has 84 valence electrons. The summed E-state index contributed by atoms with van der Waals surface area (Å²) in [6.45, 7) is 0.721. The van der Waals surface area contributed by atoms with Crippen LogP contribution in [0.2, 0.25) is 10.0 Å². The Bertz CT molecular complexity index is 499. The maximum atomic E-state index is 5.94. The third-order valence-electron chi connectivity index (χ3n) is 1.96. The summed E-state index contributed by atoms with van der Waals surface area (Å²) in [6.07, 6.45) is 0. The quantitative estimate of drug-likeness (QED) is 0.933. The molecule has 0 spiro atoms. The minimum absolute atomic E-state index is 0.532. The van der Waals surface area contributed by atoms with Crippen molar-refractivity contribution in [2.45, 2.75) is 6.54 Å². The molecule has 2 aromatic rings. The second-order valence-electron chi connectivity index (χ2n) is 3.16. The van der Waals surface area contributed by atoms with Gasteiger partial charge in [0.2, 0.25) is 0 Å². The number of halogens is 2. The van der Waals surface area contributed by atoms with Gasteiger partial charge in [0.1, 0.15) is 10.0 Å². The Morgan fingerprint density at radius 3 is 2.75 bits per heavy atom. The largest absolute Gasteiger partial charge is 0.313 e. The lowest BCUT2D eigenvalue weighted by molar-refractivity contribution is 0.795. The topological polar surface area (TPSA) is 37.8 Å². The van der Waals surface area contributed by atoms with Gasteiger partial charge >= 0.3 is 0 Å².